The SMILES string of the molecule is c1ccc2c(c1)Sc1ccc3cccc(C4CCCCC4)c3c1S2. The summed E-state index contributed by atoms with van der Waals surface area (Å²) in [6.45, 7) is 0. The molecule has 120 valence electrons. The molecule has 3 aromatic carbocycles. The molecule has 24 heavy (non-hydrogen) atoms. The first-order valence-corrected chi connectivity index (χ1v) is 10.5. The Morgan fingerprint density at radius 2 is 1.46 bits per heavy atom. The Morgan fingerprint density at radius 3 is 2.29 bits per heavy atom. The second-order valence-electron chi connectivity index (χ2n) is 6.82. The van der Waals surface area contributed by atoms with Gasteiger partial charge in [0.15, 0.2) is 0 Å². The highest BCUT2D eigenvalue weighted by Gasteiger charge is 2.23. The van der Waals surface area contributed by atoms with Crippen molar-refractivity contribution >= 4 is 34.3 Å². The van der Waals surface area contributed by atoms with Gasteiger partial charge in [-0.15, -0.1) is 0 Å². The zero-order valence-electron chi connectivity index (χ0n) is 13.6. The molecule has 2 aliphatic rings. The molecule has 1 aliphatic carbocycles. The fourth-order valence-corrected chi connectivity index (χ4v) is 6.56. The van der Waals surface area contributed by atoms with E-state index in [1.807, 2.05) is 23.5 Å². The highest BCUT2D eigenvalue weighted by molar-refractivity contribution is 8.05. The molecule has 3 aromatic rings. The maximum absolute atomic E-state index is 2.39. The van der Waals surface area contributed by atoms with Crippen LogP contribution in [0.2, 0.25) is 0 Å². The number of benzene rings is 3. The van der Waals surface area contributed by atoms with Crippen molar-refractivity contribution in [2.75, 3.05) is 0 Å². The third-order valence-corrected chi connectivity index (χ3v) is 7.92. The van der Waals surface area contributed by atoms with Gasteiger partial charge in [-0.3, -0.25) is 0 Å². The quantitative estimate of drug-likeness (QED) is 0.349. The Bertz CT molecular complexity index is 907. The van der Waals surface area contributed by atoms with E-state index in [2.05, 4.69) is 54.6 Å². The first-order valence-electron chi connectivity index (χ1n) is 8.90. The van der Waals surface area contributed by atoms with Crippen LogP contribution in [0.15, 0.2) is 74.2 Å². The molecule has 0 spiro atoms. The molecule has 0 atom stereocenters. The minimum Gasteiger partial charge on any atom is -0.0877 e. The van der Waals surface area contributed by atoms with Crippen LogP contribution in [0.3, 0.4) is 0 Å². The van der Waals surface area contributed by atoms with Crippen LogP contribution in [-0.2, 0) is 0 Å². The van der Waals surface area contributed by atoms with E-state index in [0.717, 1.165) is 5.92 Å². The molecule has 0 aromatic heterocycles. The van der Waals surface area contributed by atoms with E-state index in [4.69, 9.17) is 0 Å². The Morgan fingerprint density at radius 1 is 0.667 bits per heavy atom. The maximum Gasteiger partial charge on any atom is 0.0343 e. The molecule has 1 aliphatic heterocycles. The van der Waals surface area contributed by atoms with Gasteiger partial charge in [-0.25, -0.2) is 0 Å². The third kappa shape index (κ3) is 2.48. The lowest BCUT2D eigenvalue weighted by atomic mass is 9.82. The topological polar surface area (TPSA) is 0 Å². The van der Waals surface area contributed by atoms with E-state index >= 15 is 0 Å². The Hall–Kier alpha value is -1.38. The van der Waals surface area contributed by atoms with E-state index in [0.29, 0.717) is 0 Å². The van der Waals surface area contributed by atoms with Gasteiger partial charge in [0.1, 0.15) is 0 Å². The molecule has 0 radical (unpaired) electrons. The van der Waals surface area contributed by atoms with Crippen molar-refractivity contribution < 1.29 is 0 Å². The fourth-order valence-electron chi connectivity index (χ4n) is 4.14. The van der Waals surface area contributed by atoms with E-state index in [1.165, 1.54) is 62.5 Å². The number of hydrogen-bond acceptors (Lipinski definition) is 2. The summed E-state index contributed by atoms with van der Waals surface area (Å²) in [5.74, 6) is 0.747. The molecule has 1 fully saturated rings. The summed E-state index contributed by atoms with van der Waals surface area (Å²) < 4.78 is 0. The van der Waals surface area contributed by atoms with Crippen molar-refractivity contribution in [2.45, 2.75) is 57.6 Å². The average molecular weight is 349 g/mol. The van der Waals surface area contributed by atoms with Crippen LogP contribution in [0, 0.1) is 0 Å². The monoisotopic (exact) mass is 348 g/mol. The minimum absolute atomic E-state index is 0.747. The highest BCUT2D eigenvalue weighted by atomic mass is 32.2. The number of fused-ring (bicyclic) bond motifs is 4. The van der Waals surface area contributed by atoms with Crippen molar-refractivity contribution in [3.63, 3.8) is 0 Å². The first-order chi connectivity index (χ1) is 11.9. The number of rotatable bonds is 1. The Balaban J connectivity index is 1.70. The van der Waals surface area contributed by atoms with Gasteiger partial charge in [-0.05, 0) is 47.9 Å². The molecular weight excluding hydrogens is 328 g/mol. The first kappa shape index (κ1) is 14.9. The van der Waals surface area contributed by atoms with Gasteiger partial charge < -0.3 is 0 Å². The standard InChI is InChI=1S/C22H20S2/c1-2-7-15(8-3-1)17-10-6-9-16-13-14-20-22(21(16)17)24-19-12-5-4-11-18(19)23-20/h4-6,9-15H,1-3,7-8H2. The normalized spacial score (nSPS) is 17.5. The maximum atomic E-state index is 2.39. The highest BCUT2D eigenvalue weighted by Crippen LogP contribution is 2.52. The van der Waals surface area contributed by atoms with Crippen LogP contribution in [-0.4, -0.2) is 0 Å². The van der Waals surface area contributed by atoms with Crippen LogP contribution in [0.4, 0.5) is 0 Å². The largest absolute Gasteiger partial charge is 0.0877 e. The van der Waals surface area contributed by atoms with E-state index in [9.17, 15) is 0 Å². The molecule has 0 bridgehead atoms. The molecule has 0 N–H and O–H groups in total. The lowest BCUT2D eigenvalue weighted by Crippen LogP contribution is -2.06. The molecule has 1 heterocycles. The van der Waals surface area contributed by atoms with E-state index < -0.39 is 0 Å². The fraction of sp³-hybridized carbons (Fsp3) is 0.273. The zero-order valence-corrected chi connectivity index (χ0v) is 15.3. The second kappa shape index (κ2) is 6.16. The smallest absolute Gasteiger partial charge is 0.0343 e. The van der Waals surface area contributed by atoms with Crippen LogP contribution < -0.4 is 0 Å². The molecular formula is C22H20S2. The zero-order chi connectivity index (χ0) is 15.9. The van der Waals surface area contributed by atoms with Gasteiger partial charge >= 0.3 is 0 Å². The average Bonchev–Trinajstić information content (AvgIpc) is 2.66. The van der Waals surface area contributed by atoms with Gasteiger partial charge in [-0.1, -0.05) is 79.2 Å². The Labute approximate surface area is 152 Å². The van der Waals surface area contributed by atoms with Crippen molar-refractivity contribution in [1.29, 1.82) is 0 Å². The van der Waals surface area contributed by atoms with Crippen molar-refractivity contribution in [1.82, 2.24) is 0 Å². The van der Waals surface area contributed by atoms with Gasteiger partial charge in [-0.2, -0.15) is 0 Å². The number of hydrogen-bond donors (Lipinski definition) is 0. The van der Waals surface area contributed by atoms with Crippen LogP contribution >= 0.6 is 23.5 Å². The molecule has 0 unspecified atom stereocenters. The molecule has 0 amide bonds. The second-order valence-corrected chi connectivity index (χ2v) is 8.96. The van der Waals surface area contributed by atoms with Crippen LogP contribution in [0.5, 0.6) is 0 Å². The summed E-state index contributed by atoms with van der Waals surface area (Å²) in [6, 6.07) is 20.4. The summed E-state index contributed by atoms with van der Waals surface area (Å²) in [4.78, 5) is 5.71. The van der Waals surface area contributed by atoms with Crippen molar-refractivity contribution in [3.8, 4) is 0 Å². The summed E-state index contributed by atoms with van der Waals surface area (Å²) in [6.07, 6.45) is 6.91. The minimum atomic E-state index is 0.747. The van der Waals surface area contributed by atoms with E-state index in [1.54, 1.807) is 5.56 Å². The lowest BCUT2D eigenvalue weighted by Gasteiger charge is -2.26. The van der Waals surface area contributed by atoms with Crippen molar-refractivity contribution in [3.05, 3.63) is 60.2 Å². The summed E-state index contributed by atoms with van der Waals surface area (Å²) in [5, 5.41) is 2.93. The van der Waals surface area contributed by atoms with E-state index in [-0.39, 0.29) is 0 Å². The predicted molar refractivity (Wildman–Crippen MR) is 104 cm³/mol. The molecule has 0 nitrogen and oxygen atoms in total. The van der Waals surface area contributed by atoms with Gasteiger partial charge in [0.05, 0.1) is 0 Å². The molecule has 0 saturated heterocycles. The molecule has 5 rings (SSSR count). The van der Waals surface area contributed by atoms with Gasteiger partial charge in [0, 0.05) is 25.0 Å². The summed E-state index contributed by atoms with van der Waals surface area (Å²) in [7, 11) is 0. The van der Waals surface area contributed by atoms with Crippen LogP contribution in [0.25, 0.3) is 10.8 Å². The van der Waals surface area contributed by atoms with Gasteiger partial charge in [0.2, 0.25) is 0 Å². The van der Waals surface area contributed by atoms with Crippen molar-refractivity contribution in [2.24, 2.45) is 0 Å². The van der Waals surface area contributed by atoms with Gasteiger partial charge in [0.25, 0.3) is 0 Å². The summed E-state index contributed by atoms with van der Waals surface area (Å²) >= 11 is 3.90. The predicted octanol–water partition coefficient (Wildman–Crippen LogP) is 7.50. The summed E-state index contributed by atoms with van der Waals surface area (Å²) in [5.41, 5.74) is 1.59. The third-order valence-electron chi connectivity index (χ3n) is 5.32. The Kier molecular flexibility index (Phi) is 3.83. The molecule has 1 saturated carbocycles. The van der Waals surface area contributed by atoms with Crippen LogP contribution in [0.1, 0.15) is 43.6 Å². The lowest BCUT2D eigenvalue weighted by molar-refractivity contribution is 0.445. The molecule has 2 heteroatoms.